The van der Waals surface area contributed by atoms with E-state index < -0.39 is 59.7 Å². The number of likely N-dealkylation sites (tertiary alicyclic amines) is 1. The van der Waals surface area contributed by atoms with Crippen LogP contribution in [-0.2, 0) is 25.5 Å². The van der Waals surface area contributed by atoms with Gasteiger partial charge < -0.3 is 45.9 Å². The van der Waals surface area contributed by atoms with Gasteiger partial charge in [0.05, 0.1) is 23.6 Å². The quantitative estimate of drug-likeness (QED) is 0.118. The molecule has 0 aromatic heterocycles. The molecule has 1 fully saturated rings. The summed E-state index contributed by atoms with van der Waals surface area (Å²) in [5, 5.41) is 39.6. The number of primary amides is 1. The van der Waals surface area contributed by atoms with Gasteiger partial charge in [0.1, 0.15) is 17.6 Å². The summed E-state index contributed by atoms with van der Waals surface area (Å²) in [5.41, 5.74) is 8.08. The van der Waals surface area contributed by atoms with Gasteiger partial charge in [-0.05, 0) is 82.5 Å². The molecule has 0 unspecified atom stereocenters. The van der Waals surface area contributed by atoms with Crippen LogP contribution in [0.1, 0.15) is 68.4 Å². The van der Waals surface area contributed by atoms with Gasteiger partial charge >= 0.3 is 6.09 Å². The van der Waals surface area contributed by atoms with Gasteiger partial charge in [-0.25, -0.2) is 4.79 Å². The van der Waals surface area contributed by atoms with E-state index in [4.69, 9.17) is 19.9 Å². The first-order valence-electron chi connectivity index (χ1n) is 17.7. The third-order valence-electron chi connectivity index (χ3n) is 9.55. The molecule has 0 spiro atoms. The second-order valence-electron chi connectivity index (χ2n) is 13.7. The second kappa shape index (κ2) is 18.7. The van der Waals surface area contributed by atoms with Crippen molar-refractivity contribution in [3.63, 3.8) is 0 Å². The van der Waals surface area contributed by atoms with Gasteiger partial charge in [-0.1, -0.05) is 48.9 Å². The summed E-state index contributed by atoms with van der Waals surface area (Å²) in [7, 11) is 2.89. The molecule has 0 saturated carbocycles. The zero-order valence-corrected chi connectivity index (χ0v) is 31.2. The van der Waals surface area contributed by atoms with E-state index in [-0.39, 0.29) is 28.9 Å². The summed E-state index contributed by atoms with van der Waals surface area (Å²) in [4.78, 5) is 41.0. The summed E-state index contributed by atoms with van der Waals surface area (Å²) < 4.78 is 16.7. The molecule has 2 aromatic carbocycles. The van der Waals surface area contributed by atoms with Gasteiger partial charge in [-0.15, -0.1) is 0 Å². The molecule has 2 heterocycles. The van der Waals surface area contributed by atoms with Crippen LogP contribution in [0, 0.1) is 5.92 Å². The SMILES string of the molecule is CO[C@H]1C=CC=C(C)C(=O)Nc2cc(O)c(NC(=O)c3ccc(CN4CCCC4)cc3)c(c2O)C=C(C)C[C@H](OC)[C@H](O)[C@@H](C)C=C(C)[C@@H]1OC(N)=O. The van der Waals surface area contributed by atoms with Gasteiger partial charge in [-0.3, -0.25) is 14.5 Å². The number of hydrogen-bond donors (Lipinski definition) is 6. The number of amides is 3. The van der Waals surface area contributed by atoms with Gasteiger partial charge in [0.15, 0.2) is 6.10 Å². The molecule has 53 heavy (non-hydrogen) atoms. The normalized spacial score (nSPS) is 23.4. The van der Waals surface area contributed by atoms with Crippen LogP contribution in [0.3, 0.4) is 0 Å². The summed E-state index contributed by atoms with van der Waals surface area (Å²) in [6.07, 6.45) is 5.90. The number of phenolic OH excluding ortho intramolecular Hbond substituents is 2. The van der Waals surface area contributed by atoms with Gasteiger partial charge in [0, 0.05) is 49.4 Å². The Hall–Kier alpha value is -4.95. The monoisotopic (exact) mass is 732 g/mol. The Kier molecular flexibility index (Phi) is 14.4. The maximum absolute atomic E-state index is 13.5. The number of anilines is 2. The minimum Gasteiger partial charge on any atom is -0.506 e. The highest BCUT2D eigenvalue weighted by Crippen LogP contribution is 2.42. The lowest BCUT2D eigenvalue weighted by molar-refractivity contribution is -0.112. The molecule has 2 aliphatic heterocycles. The molecule has 2 bridgehead atoms. The minimum absolute atomic E-state index is 0.0405. The number of allylic oxidation sites excluding steroid dienone is 2. The number of aliphatic hydroxyl groups excluding tert-OH is 1. The number of aliphatic hydroxyl groups is 1. The second-order valence-corrected chi connectivity index (χ2v) is 13.7. The number of phenols is 2. The Labute approximate surface area is 310 Å². The number of ether oxygens (including phenoxy) is 3. The van der Waals surface area contributed by atoms with Crippen LogP contribution in [0.5, 0.6) is 11.5 Å². The van der Waals surface area contributed by atoms with Crippen LogP contribution in [-0.4, -0.2) is 89.9 Å². The Balaban J connectivity index is 1.75. The number of rotatable bonds is 7. The van der Waals surface area contributed by atoms with Crippen molar-refractivity contribution < 1.29 is 43.9 Å². The fraction of sp³-hybridized carbons (Fsp3) is 0.425. The molecule has 13 nitrogen and oxygen atoms in total. The Morgan fingerprint density at radius 3 is 2.36 bits per heavy atom. The molecule has 2 aromatic rings. The van der Waals surface area contributed by atoms with Crippen molar-refractivity contribution >= 4 is 35.4 Å². The van der Waals surface area contributed by atoms with E-state index in [1.54, 1.807) is 64.1 Å². The summed E-state index contributed by atoms with van der Waals surface area (Å²) in [6, 6.07) is 8.38. The molecule has 7 N–H and O–H groups in total. The van der Waals surface area contributed by atoms with E-state index >= 15 is 0 Å². The maximum Gasteiger partial charge on any atom is 0.405 e. The predicted octanol–water partition coefficient (Wildman–Crippen LogP) is 5.63. The van der Waals surface area contributed by atoms with E-state index in [0.717, 1.165) is 31.3 Å². The largest absolute Gasteiger partial charge is 0.506 e. The highest BCUT2D eigenvalue weighted by atomic mass is 16.6. The van der Waals surface area contributed by atoms with E-state index in [9.17, 15) is 29.7 Å². The van der Waals surface area contributed by atoms with Gasteiger partial charge in [0.2, 0.25) is 0 Å². The first kappa shape index (κ1) is 40.8. The fourth-order valence-corrected chi connectivity index (χ4v) is 6.56. The van der Waals surface area contributed by atoms with Crippen molar-refractivity contribution in [2.75, 3.05) is 37.9 Å². The van der Waals surface area contributed by atoms with E-state index in [2.05, 4.69) is 15.5 Å². The van der Waals surface area contributed by atoms with Crippen LogP contribution in [0.2, 0.25) is 0 Å². The number of methoxy groups -OCH3 is 2. The molecule has 1 saturated heterocycles. The Bertz CT molecular complexity index is 1760. The average molecular weight is 733 g/mol. The molecule has 5 atom stereocenters. The number of nitrogens with one attached hydrogen (secondary N) is 2. The van der Waals surface area contributed by atoms with Crippen molar-refractivity contribution in [3.05, 3.63) is 88.0 Å². The van der Waals surface area contributed by atoms with E-state index in [0.29, 0.717) is 16.7 Å². The van der Waals surface area contributed by atoms with Crippen molar-refractivity contribution in [3.8, 4) is 11.5 Å². The zero-order chi connectivity index (χ0) is 38.8. The van der Waals surface area contributed by atoms with Crippen molar-refractivity contribution in [1.82, 2.24) is 4.90 Å². The number of aromatic hydroxyl groups is 2. The lowest BCUT2D eigenvalue weighted by Crippen LogP contribution is -2.36. The summed E-state index contributed by atoms with van der Waals surface area (Å²) in [6.45, 7) is 9.70. The Morgan fingerprint density at radius 1 is 1.06 bits per heavy atom. The number of nitrogens with zero attached hydrogens (tertiary/aromatic N) is 1. The molecular formula is C40H52N4O9. The van der Waals surface area contributed by atoms with Crippen molar-refractivity contribution in [2.45, 2.75) is 77.9 Å². The topological polar surface area (TPSA) is 193 Å². The molecule has 13 heteroatoms. The van der Waals surface area contributed by atoms with E-state index in [1.807, 2.05) is 12.1 Å². The number of carbonyl (C=O) groups excluding carboxylic acids is 3. The van der Waals surface area contributed by atoms with Crippen molar-refractivity contribution in [1.29, 1.82) is 0 Å². The lowest BCUT2D eigenvalue weighted by atomic mass is 9.91. The average Bonchev–Trinajstić information content (AvgIpc) is 3.64. The van der Waals surface area contributed by atoms with Crippen LogP contribution in [0.15, 0.2) is 71.4 Å². The Morgan fingerprint density at radius 2 is 1.74 bits per heavy atom. The maximum atomic E-state index is 13.5. The first-order chi connectivity index (χ1) is 25.2. The number of hydrogen-bond acceptors (Lipinski definition) is 10. The molecule has 3 amide bonds. The summed E-state index contributed by atoms with van der Waals surface area (Å²) >= 11 is 0. The molecular weight excluding hydrogens is 680 g/mol. The highest BCUT2D eigenvalue weighted by molar-refractivity contribution is 6.09. The fourth-order valence-electron chi connectivity index (χ4n) is 6.56. The van der Waals surface area contributed by atoms with Crippen LogP contribution in [0.25, 0.3) is 6.08 Å². The highest BCUT2D eigenvalue weighted by Gasteiger charge is 2.29. The van der Waals surface area contributed by atoms with Gasteiger partial charge in [0.25, 0.3) is 11.8 Å². The third-order valence-corrected chi connectivity index (χ3v) is 9.55. The lowest BCUT2D eigenvalue weighted by Gasteiger charge is -2.28. The predicted molar refractivity (Wildman–Crippen MR) is 203 cm³/mol. The van der Waals surface area contributed by atoms with Crippen LogP contribution >= 0.6 is 0 Å². The zero-order valence-electron chi connectivity index (χ0n) is 31.2. The number of carbonyl (C=O) groups is 3. The van der Waals surface area contributed by atoms with Crippen molar-refractivity contribution in [2.24, 2.45) is 11.7 Å². The smallest absolute Gasteiger partial charge is 0.405 e. The molecule has 0 aliphatic carbocycles. The minimum atomic E-state index is -1.04. The molecule has 286 valence electrons. The number of benzene rings is 2. The van der Waals surface area contributed by atoms with Crippen LogP contribution < -0.4 is 16.4 Å². The van der Waals surface area contributed by atoms with E-state index in [1.165, 1.54) is 33.1 Å². The number of nitrogens with two attached hydrogens (primary N) is 1. The first-order valence-corrected chi connectivity index (χ1v) is 17.7. The van der Waals surface area contributed by atoms with Crippen LogP contribution in [0.4, 0.5) is 16.2 Å². The molecule has 0 radical (unpaired) electrons. The molecule has 4 rings (SSSR count). The number of fused-ring (bicyclic) bond motifs is 2. The third kappa shape index (κ3) is 10.8. The summed E-state index contributed by atoms with van der Waals surface area (Å²) in [5.74, 6) is -2.41. The van der Waals surface area contributed by atoms with Gasteiger partial charge in [-0.2, -0.15) is 0 Å². The standard InChI is InChI=1S/C40H52N4O9/c1-23-18-29-34(43-39(49)28-14-12-27(13-15-28)22-44-16-7-8-17-44)31(45)21-30(36(29)47)42-38(48)24(2)10-9-11-32(51-5)37(53-40(41)50)26(4)20-25(3)35(46)33(19-23)52-6/h9-15,18,20-21,25,32-33,35,37,45-47H,7-8,16-17,19,22H2,1-6H3,(H2,41,50)(H,42,48)(H,43,49)/t25-,32-,33-,35+,37-/m0/s1. The molecule has 2 aliphatic rings.